The van der Waals surface area contributed by atoms with Gasteiger partial charge in [0.2, 0.25) is 0 Å². The summed E-state index contributed by atoms with van der Waals surface area (Å²) in [6.45, 7) is 5.11. The topological polar surface area (TPSA) is 97.8 Å². The molecule has 1 aromatic heterocycles. The molecule has 2 aliphatic carbocycles. The lowest BCUT2D eigenvalue weighted by molar-refractivity contribution is -0.644. The predicted octanol–water partition coefficient (Wildman–Crippen LogP) is 3.29. The lowest BCUT2D eigenvalue weighted by atomic mass is 9.72. The third-order valence-corrected chi connectivity index (χ3v) is 7.26. The van der Waals surface area contributed by atoms with Crippen molar-refractivity contribution < 1.29 is 24.0 Å². The maximum absolute atomic E-state index is 14.1. The average molecular weight is 482 g/mol. The zero-order valence-electron chi connectivity index (χ0n) is 20.0. The Morgan fingerprint density at radius 1 is 1.20 bits per heavy atom. The van der Waals surface area contributed by atoms with E-state index in [2.05, 4.69) is 21.9 Å². The first kappa shape index (κ1) is 25.0. The van der Waals surface area contributed by atoms with Crippen LogP contribution in [-0.2, 0) is 19.7 Å². The fourth-order valence-electron chi connectivity index (χ4n) is 5.24. The van der Waals surface area contributed by atoms with Crippen LogP contribution in [-0.4, -0.2) is 41.0 Å². The minimum absolute atomic E-state index is 0.0774. The first-order chi connectivity index (χ1) is 17.0. The van der Waals surface area contributed by atoms with Crippen molar-refractivity contribution in [1.82, 2.24) is 9.97 Å². The molecule has 1 heterocycles. The number of halogens is 1. The summed E-state index contributed by atoms with van der Waals surface area (Å²) >= 11 is 0. The van der Waals surface area contributed by atoms with Gasteiger partial charge in [-0.15, -0.1) is 0 Å². The van der Waals surface area contributed by atoms with E-state index in [4.69, 9.17) is 4.74 Å². The van der Waals surface area contributed by atoms with Gasteiger partial charge in [-0.2, -0.15) is 0 Å². The molecule has 0 radical (unpaired) electrons. The van der Waals surface area contributed by atoms with Crippen molar-refractivity contribution >= 4 is 17.7 Å². The molecule has 3 N–H and O–H groups in total. The van der Waals surface area contributed by atoms with E-state index in [-0.39, 0.29) is 36.3 Å². The molecule has 0 bridgehead atoms. The molecule has 0 saturated heterocycles. The van der Waals surface area contributed by atoms with Crippen LogP contribution in [0.3, 0.4) is 0 Å². The molecule has 8 heteroatoms. The molecule has 1 aromatic carbocycles. The van der Waals surface area contributed by atoms with Crippen molar-refractivity contribution in [2.24, 2.45) is 5.92 Å². The van der Waals surface area contributed by atoms with E-state index in [9.17, 15) is 14.0 Å². The summed E-state index contributed by atoms with van der Waals surface area (Å²) in [4.78, 5) is 33.6. The number of anilines is 1. The monoisotopic (exact) mass is 481 g/mol. The SMILES string of the molecule is C=C1CC(OC(=O)C2(c3cccc(F)c3)CCCCCC2)C1CC[NH2+]CC(=O)Nc1cnccn1. The number of aromatic nitrogens is 2. The van der Waals surface area contributed by atoms with Crippen LogP contribution in [0.4, 0.5) is 10.2 Å². The normalized spacial score (nSPS) is 21.5. The maximum Gasteiger partial charge on any atom is 0.316 e. The summed E-state index contributed by atoms with van der Waals surface area (Å²) in [6, 6.07) is 6.43. The third kappa shape index (κ3) is 6.11. The van der Waals surface area contributed by atoms with Crippen LogP contribution in [0.25, 0.3) is 0 Å². The molecule has 0 spiro atoms. The number of amides is 1. The number of quaternary nitrogens is 1. The molecule has 186 valence electrons. The number of benzene rings is 1. The number of carbonyl (C=O) groups excluding carboxylic acids is 2. The first-order valence-electron chi connectivity index (χ1n) is 12.5. The van der Waals surface area contributed by atoms with Crippen LogP contribution in [0.2, 0.25) is 0 Å². The van der Waals surface area contributed by atoms with Gasteiger partial charge in [0.25, 0.3) is 5.91 Å². The number of hydrogen-bond donors (Lipinski definition) is 2. The highest BCUT2D eigenvalue weighted by atomic mass is 19.1. The van der Waals surface area contributed by atoms with Crippen molar-refractivity contribution in [2.75, 3.05) is 18.4 Å². The van der Waals surface area contributed by atoms with E-state index in [0.717, 1.165) is 43.2 Å². The molecule has 2 atom stereocenters. The number of ether oxygens (including phenoxy) is 1. The molecular weight excluding hydrogens is 447 g/mol. The van der Waals surface area contributed by atoms with Crippen LogP contribution in [0, 0.1) is 11.7 Å². The molecule has 2 fully saturated rings. The predicted molar refractivity (Wildman–Crippen MR) is 130 cm³/mol. The average Bonchev–Trinajstić information content (AvgIpc) is 3.11. The molecule has 7 nitrogen and oxygen atoms in total. The Bertz CT molecular complexity index is 1040. The van der Waals surface area contributed by atoms with Crippen molar-refractivity contribution in [1.29, 1.82) is 0 Å². The highest BCUT2D eigenvalue weighted by molar-refractivity contribution is 5.90. The highest BCUT2D eigenvalue weighted by Gasteiger charge is 2.46. The molecule has 0 aliphatic heterocycles. The lowest BCUT2D eigenvalue weighted by Gasteiger charge is -2.41. The number of rotatable bonds is 9. The summed E-state index contributed by atoms with van der Waals surface area (Å²) in [5.74, 6) is -0.205. The fourth-order valence-corrected chi connectivity index (χ4v) is 5.24. The number of nitrogens with one attached hydrogen (secondary N) is 1. The third-order valence-electron chi connectivity index (χ3n) is 7.26. The fraction of sp³-hybridized carbons (Fsp3) is 0.481. The summed E-state index contributed by atoms with van der Waals surface area (Å²) < 4.78 is 20.1. The minimum atomic E-state index is -0.787. The Labute approximate surface area is 205 Å². The molecule has 2 saturated carbocycles. The summed E-state index contributed by atoms with van der Waals surface area (Å²) in [6.07, 6.45) is 11.2. The molecule has 2 unspecified atom stereocenters. The molecule has 1 amide bonds. The number of esters is 1. The van der Waals surface area contributed by atoms with E-state index in [1.165, 1.54) is 24.5 Å². The molecule has 4 rings (SSSR count). The highest BCUT2D eigenvalue weighted by Crippen LogP contribution is 2.43. The minimum Gasteiger partial charge on any atom is -0.461 e. The Balaban J connectivity index is 1.31. The molecule has 2 aliphatic rings. The summed E-state index contributed by atoms with van der Waals surface area (Å²) in [7, 11) is 0. The summed E-state index contributed by atoms with van der Waals surface area (Å²) in [5, 5.41) is 4.64. The van der Waals surface area contributed by atoms with Crippen LogP contribution < -0.4 is 10.6 Å². The number of nitrogens with zero attached hydrogens (tertiary/aromatic N) is 2. The zero-order chi connectivity index (χ0) is 24.7. The number of hydrogen-bond acceptors (Lipinski definition) is 5. The zero-order valence-corrected chi connectivity index (χ0v) is 20.0. The van der Waals surface area contributed by atoms with Gasteiger partial charge in [0.05, 0.1) is 18.2 Å². The first-order valence-corrected chi connectivity index (χ1v) is 12.5. The van der Waals surface area contributed by atoms with E-state index < -0.39 is 5.41 Å². The Hall–Kier alpha value is -3.13. The molecule has 2 aromatic rings. The standard InChI is InChI=1S/C27H33FN4O3/c1-19-15-23(22(19)9-12-29-18-25(33)32-24-17-30-13-14-31-24)35-26(34)27(10-4-2-3-5-11-27)20-7-6-8-21(28)16-20/h6-8,13-14,16-17,22-23,29H,1-5,9-12,15,18H2,(H,31,32,33)/p+1. The van der Waals surface area contributed by atoms with E-state index in [1.807, 2.05) is 11.4 Å². The van der Waals surface area contributed by atoms with E-state index in [1.54, 1.807) is 12.3 Å². The second-order valence-electron chi connectivity index (χ2n) is 9.63. The van der Waals surface area contributed by atoms with Crippen LogP contribution in [0.5, 0.6) is 0 Å². The Morgan fingerprint density at radius 2 is 2.00 bits per heavy atom. The van der Waals surface area contributed by atoms with Gasteiger partial charge in [-0.1, -0.05) is 50.0 Å². The van der Waals surface area contributed by atoms with Crippen LogP contribution >= 0.6 is 0 Å². The smallest absolute Gasteiger partial charge is 0.316 e. The van der Waals surface area contributed by atoms with Crippen LogP contribution in [0.1, 0.15) is 56.9 Å². The quantitative estimate of drug-likeness (QED) is 0.248. The second kappa shape index (κ2) is 11.5. The maximum atomic E-state index is 14.1. The van der Waals surface area contributed by atoms with Crippen molar-refractivity contribution in [3.05, 3.63) is 66.4 Å². The second-order valence-corrected chi connectivity index (χ2v) is 9.63. The Morgan fingerprint density at radius 3 is 2.69 bits per heavy atom. The van der Waals surface area contributed by atoms with Gasteiger partial charge in [0, 0.05) is 31.2 Å². The van der Waals surface area contributed by atoms with Crippen molar-refractivity contribution in [3.63, 3.8) is 0 Å². The summed E-state index contributed by atoms with van der Waals surface area (Å²) in [5.41, 5.74) is 1.01. The van der Waals surface area contributed by atoms with Gasteiger partial charge in [0.15, 0.2) is 12.4 Å². The van der Waals surface area contributed by atoms with Crippen molar-refractivity contribution in [3.8, 4) is 0 Å². The van der Waals surface area contributed by atoms with E-state index >= 15 is 0 Å². The number of carbonyl (C=O) groups is 2. The van der Waals surface area contributed by atoms with Gasteiger partial charge < -0.3 is 15.4 Å². The van der Waals surface area contributed by atoms with Crippen molar-refractivity contribution in [2.45, 2.75) is 62.9 Å². The van der Waals surface area contributed by atoms with E-state index in [0.29, 0.717) is 31.6 Å². The van der Waals surface area contributed by atoms with Gasteiger partial charge in [-0.05, 0) is 30.5 Å². The van der Waals surface area contributed by atoms with Gasteiger partial charge >= 0.3 is 5.97 Å². The molecule has 35 heavy (non-hydrogen) atoms. The van der Waals surface area contributed by atoms with Gasteiger partial charge in [-0.25, -0.2) is 9.37 Å². The number of nitrogens with two attached hydrogens (primary N) is 1. The van der Waals surface area contributed by atoms with Gasteiger partial charge in [-0.3, -0.25) is 14.6 Å². The van der Waals surface area contributed by atoms with Gasteiger partial charge in [0.1, 0.15) is 11.9 Å². The molecular formula is C27H34FN4O3+. The largest absolute Gasteiger partial charge is 0.461 e. The Kier molecular flexibility index (Phi) is 8.23. The van der Waals surface area contributed by atoms with Crippen LogP contribution in [0.15, 0.2) is 55.0 Å². The lowest BCUT2D eigenvalue weighted by Crippen LogP contribution is -2.86.